The van der Waals surface area contributed by atoms with Gasteiger partial charge in [-0.25, -0.2) is 4.39 Å². The number of nitrogens with zero attached hydrogens (tertiary/aromatic N) is 1. The number of aromatic hydroxyl groups is 1. The Labute approximate surface area is 128 Å². The van der Waals surface area contributed by atoms with Crippen LogP contribution < -0.4 is 5.32 Å². The molecule has 1 fully saturated rings. The maximum Gasteiger partial charge on any atom is 0.168 e. The summed E-state index contributed by atoms with van der Waals surface area (Å²) in [5.74, 6) is -0.726. The van der Waals surface area contributed by atoms with Gasteiger partial charge in [0.05, 0.1) is 6.04 Å². The van der Waals surface area contributed by atoms with Crippen molar-refractivity contribution in [1.82, 2.24) is 10.2 Å². The fraction of sp³-hybridized carbons (Fsp3) is 0.375. The lowest BCUT2D eigenvalue weighted by Crippen LogP contribution is -2.45. The third kappa shape index (κ3) is 2.81. The van der Waals surface area contributed by atoms with Crippen LogP contribution in [0.5, 0.6) is 5.75 Å². The molecule has 1 aromatic carbocycles. The molecule has 21 heavy (non-hydrogen) atoms. The van der Waals surface area contributed by atoms with Crippen molar-refractivity contribution in [3.05, 3.63) is 51.5 Å². The average molecular weight is 306 g/mol. The molecule has 1 aromatic heterocycles. The lowest BCUT2D eigenvalue weighted by Gasteiger charge is -2.35. The van der Waals surface area contributed by atoms with Crippen LogP contribution >= 0.6 is 11.3 Å². The van der Waals surface area contributed by atoms with E-state index in [-0.39, 0.29) is 11.8 Å². The molecule has 2 heterocycles. The van der Waals surface area contributed by atoms with E-state index >= 15 is 0 Å². The van der Waals surface area contributed by atoms with Gasteiger partial charge in [-0.2, -0.15) is 0 Å². The zero-order valence-corrected chi connectivity index (χ0v) is 12.8. The average Bonchev–Trinajstić information content (AvgIpc) is 3.03. The molecular formula is C16H19FN2OS. The minimum absolute atomic E-state index is 0.0813. The van der Waals surface area contributed by atoms with E-state index in [4.69, 9.17) is 0 Å². The first-order valence-electron chi connectivity index (χ1n) is 7.14. The molecule has 1 saturated heterocycles. The number of halogens is 1. The molecule has 1 atom stereocenters. The fourth-order valence-corrected chi connectivity index (χ4v) is 3.69. The number of hydrogen-bond donors (Lipinski definition) is 2. The quantitative estimate of drug-likeness (QED) is 0.915. The van der Waals surface area contributed by atoms with Crippen LogP contribution in [0.25, 0.3) is 0 Å². The van der Waals surface area contributed by atoms with Crippen LogP contribution in [-0.2, 0) is 0 Å². The molecule has 112 valence electrons. The molecule has 1 aliphatic heterocycles. The smallest absolute Gasteiger partial charge is 0.168 e. The van der Waals surface area contributed by atoms with Crippen LogP contribution in [-0.4, -0.2) is 36.2 Å². The van der Waals surface area contributed by atoms with Crippen molar-refractivity contribution < 1.29 is 9.50 Å². The van der Waals surface area contributed by atoms with Gasteiger partial charge in [0.1, 0.15) is 0 Å². The van der Waals surface area contributed by atoms with E-state index in [0.29, 0.717) is 11.1 Å². The standard InChI is InChI=1S/C16H19FN2OS/c1-11-4-5-12(16(20)14(11)17)15(13-3-2-10-21-13)19-8-6-18-7-9-19/h2-5,10,15,18,20H,6-9H2,1H3/t15-/m1/s1. The number of benzene rings is 1. The van der Waals surface area contributed by atoms with Gasteiger partial charge >= 0.3 is 0 Å². The zero-order valence-electron chi connectivity index (χ0n) is 12.0. The summed E-state index contributed by atoms with van der Waals surface area (Å²) in [5, 5.41) is 15.6. The maximum absolute atomic E-state index is 14.1. The van der Waals surface area contributed by atoms with E-state index in [1.807, 2.05) is 17.5 Å². The van der Waals surface area contributed by atoms with E-state index < -0.39 is 5.82 Å². The molecule has 0 bridgehead atoms. The van der Waals surface area contributed by atoms with Gasteiger partial charge < -0.3 is 10.4 Å². The molecule has 0 spiro atoms. The van der Waals surface area contributed by atoms with Crippen molar-refractivity contribution in [2.45, 2.75) is 13.0 Å². The maximum atomic E-state index is 14.1. The molecular weight excluding hydrogens is 287 g/mol. The molecule has 3 nitrogen and oxygen atoms in total. The molecule has 3 rings (SSSR count). The summed E-state index contributed by atoms with van der Waals surface area (Å²) in [6, 6.07) is 7.56. The third-order valence-electron chi connectivity index (χ3n) is 3.96. The summed E-state index contributed by atoms with van der Waals surface area (Å²) >= 11 is 1.64. The van der Waals surface area contributed by atoms with Gasteiger partial charge in [0.25, 0.3) is 0 Å². The zero-order chi connectivity index (χ0) is 14.8. The Morgan fingerprint density at radius 1 is 1.29 bits per heavy atom. The number of phenols is 1. The molecule has 0 amide bonds. The predicted molar refractivity (Wildman–Crippen MR) is 83.4 cm³/mol. The second-order valence-corrected chi connectivity index (χ2v) is 6.32. The van der Waals surface area contributed by atoms with E-state index in [0.717, 1.165) is 31.1 Å². The molecule has 2 aromatic rings. The van der Waals surface area contributed by atoms with E-state index in [1.165, 1.54) is 0 Å². The van der Waals surface area contributed by atoms with Crippen molar-refractivity contribution in [3.8, 4) is 5.75 Å². The Hall–Kier alpha value is -1.43. The predicted octanol–water partition coefficient (Wildman–Crippen LogP) is 2.90. The normalized spacial score (nSPS) is 17.8. The topological polar surface area (TPSA) is 35.5 Å². The van der Waals surface area contributed by atoms with Gasteiger partial charge in [0.15, 0.2) is 11.6 Å². The first kappa shape index (κ1) is 14.5. The summed E-state index contributed by atoms with van der Waals surface area (Å²) < 4.78 is 14.1. The van der Waals surface area contributed by atoms with Gasteiger partial charge in [-0.1, -0.05) is 18.2 Å². The molecule has 5 heteroatoms. The van der Waals surface area contributed by atoms with Gasteiger partial charge in [-0.3, -0.25) is 4.90 Å². The Morgan fingerprint density at radius 2 is 2.05 bits per heavy atom. The Balaban J connectivity index is 2.05. The number of nitrogens with one attached hydrogen (secondary N) is 1. The number of rotatable bonds is 3. The van der Waals surface area contributed by atoms with Gasteiger partial charge in [-0.05, 0) is 23.9 Å². The van der Waals surface area contributed by atoms with Crippen molar-refractivity contribution >= 4 is 11.3 Å². The second-order valence-electron chi connectivity index (χ2n) is 5.34. The van der Waals surface area contributed by atoms with Crippen LogP contribution in [0, 0.1) is 12.7 Å². The van der Waals surface area contributed by atoms with Gasteiger partial charge in [0, 0.05) is 36.6 Å². The number of phenolic OH excluding ortho intramolecular Hbond substituents is 1. The molecule has 0 saturated carbocycles. The molecule has 0 unspecified atom stereocenters. The Kier molecular flexibility index (Phi) is 4.24. The van der Waals surface area contributed by atoms with Crippen LogP contribution in [0.4, 0.5) is 4.39 Å². The van der Waals surface area contributed by atoms with Gasteiger partial charge in [-0.15, -0.1) is 11.3 Å². The highest BCUT2D eigenvalue weighted by Crippen LogP contribution is 2.38. The molecule has 1 aliphatic rings. The summed E-state index contributed by atoms with van der Waals surface area (Å²) in [4.78, 5) is 3.43. The monoisotopic (exact) mass is 306 g/mol. The highest BCUT2D eigenvalue weighted by atomic mass is 32.1. The number of aryl methyl sites for hydroxylation is 1. The van der Waals surface area contributed by atoms with Crippen LogP contribution in [0.1, 0.15) is 22.0 Å². The third-order valence-corrected chi connectivity index (χ3v) is 4.89. The highest BCUT2D eigenvalue weighted by Gasteiger charge is 2.28. The molecule has 0 radical (unpaired) electrons. The number of hydrogen-bond acceptors (Lipinski definition) is 4. The molecule has 2 N–H and O–H groups in total. The largest absolute Gasteiger partial charge is 0.505 e. The summed E-state index contributed by atoms with van der Waals surface area (Å²) in [6.07, 6.45) is 0. The van der Waals surface area contributed by atoms with Gasteiger partial charge in [0.2, 0.25) is 0 Å². The minimum atomic E-state index is -0.510. The van der Waals surface area contributed by atoms with Crippen LogP contribution in [0.2, 0.25) is 0 Å². The summed E-state index contributed by atoms with van der Waals surface area (Å²) in [6.45, 7) is 5.27. The van der Waals surface area contributed by atoms with Crippen LogP contribution in [0.15, 0.2) is 29.6 Å². The summed E-state index contributed by atoms with van der Waals surface area (Å²) in [7, 11) is 0. The molecule has 0 aliphatic carbocycles. The summed E-state index contributed by atoms with van der Waals surface area (Å²) in [5.41, 5.74) is 1.13. The fourth-order valence-electron chi connectivity index (χ4n) is 2.82. The SMILES string of the molecule is Cc1ccc([C@H](c2cccs2)N2CCNCC2)c(O)c1F. The highest BCUT2D eigenvalue weighted by molar-refractivity contribution is 7.10. The first-order chi connectivity index (χ1) is 10.2. The minimum Gasteiger partial charge on any atom is -0.505 e. The lowest BCUT2D eigenvalue weighted by molar-refractivity contribution is 0.197. The lowest BCUT2D eigenvalue weighted by atomic mass is 9.99. The Bertz CT molecular complexity index is 609. The number of piperazine rings is 1. The first-order valence-corrected chi connectivity index (χ1v) is 8.02. The number of thiophene rings is 1. The van der Waals surface area contributed by atoms with Crippen molar-refractivity contribution in [3.63, 3.8) is 0 Å². The van der Waals surface area contributed by atoms with Crippen molar-refractivity contribution in [2.24, 2.45) is 0 Å². The van der Waals surface area contributed by atoms with Crippen LogP contribution in [0.3, 0.4) is 0 Å². The van der Waals surface area contributed by atoms with E-state index in [9.17, 15) is 9.50 Å². The Morgan fingerprint density at radius 3 is 2.71 bits per heavy atom. The van der Waals surface area contributed by atoms with E-state index in [2.05, 4.69) is 16.3 Å². The van der Waals surface area contributed by atoms with E-state index in [1.54, 1.807) is 24.3 Å². The van der Waals surface area contributed by atoms with Crippen molar-refractivity contribution in [2.75, 3.05) is 26.2 Å². The van der Waals surface area contributed by atoms with Crippen molar-refractivity contribution in [1.29, 1.82) is 0 Å². The second kappa shape index (κ2) is 6.13.